The van der Waals surface area contributed by atoms with E-state index in [9.17, 15) is 4.39 Å². The quantitative estimate of drug-likeness (QED) is 0.936. The maximum absolute atomic E-state index is 14.1. The van der Waals surface area contributed by atoms with Crippen molar-refractivity contribution in [3.63, 3.8) is 0 Å². The predicted octanol–water partition coefficient (Wildman–Crippen LogP) is 3.28. The smallest absolute Gasteiger partial charge is 0.165 e. The molecule has 1 aliphatic heterocycles. The second-order valence-corrected chi connectivity index (χ2v) is 6.43. The van der Waals surface area contributed by atoms with Crippen molar-refractivity contribution in [3.05, 3.63) is 52.0 Å². The molecular formula is C17H21FN2OS. The Morgan fingerprint density at radius 1 is 1.27 bits per heavy atom. The van der Waals surface area contributed by atoms with Gasteiger partial charge in [0.2, 0.25) is 0 Å². The Morgan fingerprint density at radius 2 is 2.18 bits per heavy atom. The number of halogens is 1. The summed E-state index contributed by atoms with van der Waals surface area (Å²) in [5.41, 5.74) is 0.989. The zero-order valence-electron chi connectivity index (χ0n) is 12.7. The average Bonchev–Trinajstić information content (AvgIpc) is 2.91. The molecule has 1 fully saturated rings. The van der Waals surface area contributed by atoms with Crippen LogP contribution >= 0.6 is 11.3 Å². The maximum atomic E-state index is 14.1. The van der Waals surface area contributed by atoms with Crippen LogP contribution in [-0.4, -0.2) is 38.2 Å². The highest BCUT2D eigenvalue weighted by atomic mass is 32.1. The molecule has 0 saturated carbocycles. The minimum Gasteiger partial charge on any atom is -0.494 e. The van der Waals surface area contributed by atoms with Crippen LogP contribution in [0.2, 0.25) is 0 Å². The highest BCUT2D eigenvalue weighted by Gasteiger charge is 2.24. The van der Waals surface area contributed by atoms with Gasteiger partial charge in [-0.05, 0) is 42.1 Å². The molecule has 22 heavy (non-hydrogen) atoms. The van der Waals surface area contributed by atoms with E-state index in [0.717, 1.165) is 38.2 Å². The molecule has 0 amide bonds. The van der Waals surface area contributed by atoms with Crippen LogP contribution in [0.1, 0.15) is 22.9 Å². The van der Waals surface area contributed by atoms with Crippen LogP contribution in [0.5, 0.6) is 5.75 Å². The summed E-state index contributed by atoms with van der Waals surface area (Å²) in [4.78, 5) is 3.69. The van der Waals surface area contributed by atoms with Gasteiger partial charge in [0.05, 0.1) is 13.2 Å². The molecule has 3 nitrogen and oxygen atoms in total. The molecule has 0 spiro atoms. The van der Waals surface area contributed by atoms with Gasteiger partial charge in [0, 0.05) is 24.5 Å². The Bertz CT molecular complexity index is 595. The van der Waals surface area contributed by atoms with E-state index in [1.807, 2.05) is 6.07 Å². The molecule has 0 bridgehead atoms. The van der Waals surface area contributed by atoms with Crippen molar-refractivity contribution in [2.75, 3.05) is 33.3 Å². The number of hydrogen-bond acceptors (Lipinski definition) is 4. The number of methoxy groups -OCH3 is 1. The molecule has 1 unspecified atom stereocenters. The second kappa shape index (κ2) is 7.22. The van der Waals surface area contributed by atoms with E-state index in [1.54, 1.807) is 23.5 Å². The lowest BCUT2D eigenvalue weighted by Gasteiger charge is -2.30. The van der Waals surface area contributed by atoms with Gasteiger partial charge < -0.3 is 10.1 Å². The van der Waals surface area contributed by atoms with Crippen LogP contribution in [0.4, 0.5) is 4.39 Å². The number of ether oxygens (including phenoxy) is 1. The van der Waals surface area contributed by atoms with Crippen LogP contribution in [0, 0.1) is 5.82 Å². The summed E-state index contributed by atoms with van der Waals surface area (Å²) in [6.07, 6.45) is 1.11. The molecule has 2 heterocycles. The summed E-state index contributed by atoms with van der Waals surface area (Å²) in [5, 5.41) is 5.51. The average molecular weight is 320 g/mol. The van der Waals surface area contributed by atoms with Crippen LogP contribution in [0.3, 0.4) is 0 Å². The van der Waals surface area contributed by atoms with Gasteiger partial charge in [0.25, 0.3) is 0 Å². The molecule has 118 valence electrons. The summed E-state index contributed by atoms with van der Waals surface area (Å²) in [5.74, 6) is 0.000663. The Hall–Kier alpha value is -1.43. The lowest BCUT2D eigenvalue weighted by atomic mass is 10.0. The SMILES string of the molecule is COc1ccc(C(c2cccs2)N2CCCNCC2)cc1F. The van der Waals surface area contributed by atoms with E-state index in [0.29, 0.717) is 5.75 Å². The van der Waals surface area contributed by atoms with Gasteiger partial charge >= 0.3 is 0 Å². The molecule has 3 rings (SSSR count). The first-order chi connectivity index (χ1) is 10.8. The number of hydrogen-bond donors (Lipinski definition) is 1. The third kappa shape index (κ3) is 3.32. The van der Waals surface area contributed by atoms with Gasteiger partial charge in [0.15, 0.2) is 11.6 Å². The molecule has 0 radical (unpaired) electrons. The number of thiophene rings is 1. The Labute approximate surface area is 134 Å². The fourth-order valence-corrected chi connectivity index (χ4v) is 3.86. The third-order valence-corrected chi connectivity index (χ3v) is 4.97. The number of nitrogens with zero attached hydrogens (tertiary/aromatic N) is 1. The van der Waals surface area contributed by atoms with Crippen molar-refractivity contribution in [2.45, 2.75) is 12.5 Å². The molecule has 1 N–H and O–H groups in total. The first kappa shape index (κ1) is 15.5. The Balaban J connectivity index is 1.96. The number of rotatable bonds is 4. The summed E-state index contributed by atoms with van der Waals surface area (Å²) in [7, 11) is 1.50. The zero-order valence-corrected chi connectivity index (χ0v) is 13.5. The van der Waals surface area contributed by atoms with Crippen molar-refractivity contribution in [3.8, 4) is 5.75 Å². The van der Waals surface area contributed by atoms with Crippen molar-refractivity contribution in [1.82, 2.24) is 10.2 Å². The molecule has 1 saturated heterocycles. The van der Waals surface area contributed by atoms with Crippen molar-refractivity contribution in [2.24, 2.45) is 0 Å². The molecule has 1 aromatic heterocycles. The molecule has 2 aromatic rings. The highest BCUT2D eigenvalue weighted by Crippen LogP contribution is 2.34. The predicted molar refractivity (Wildman–Crippen MR) is 88.2 cm³/mol. The molecule has 1 aliphatic rings. The van der Waals surface area contributed by atoms with Crippen LogP contribution < -0.4 is 10.1 Å². The Kier molecular flexibility index (Phi) is 5.08. The van der Waals surface area contributed by atoms with Crippen LogP contribution in [0.15, 0.2) is 35.7 Å². The zero-order chi connectivity index (χ0) is 15.4. The van der Waals surface area contributed by atoms with Gasteiger partial charge in [-0.15, -0.1) is 11.3 Å². The maximum Gasteiger partial charge on any atom is 0.165 e. The molecule has 0 aliphatic carbocycles. The van der Waals surface area contributed by atoms with Gasteiger partial charge in [-0.25, -0.2) is 4.39 Å². The summed E-state index contributed by atoms with van der Waals surface area (Å²) >= 11 is 1.73. The normalized spacial score (nSPS) is 17.9. The van der Waals surface area contributed by atoms with E-state index in [2.05, 4.69) is 27.7 Å². The fraction of sp³-hybridized carbons (Fsp3) is 0.412. The van der Waals surface area contributed by atoms with Gasteiger partial charge in [-0.1, -0.05) is 12.1 Å². The third-order valence-electron chi connectivity index (χ3n) is 4.04. The standard InChI is InChI=1S/C17H21FN2OS/c1-21-15-6-5-13(12-14(15)18)17(16-4-2-11-22-16)20-9-3-7-19-8-10-20/h2,4-6,11-12,17,19H,3,7-10H2,1H3. The molecule has 1 aromatic carbocycles. The van der Waals surface area contributed by atoms with Gasteiger partial charge in [-0.2, -0.15) is 0 Å². The molecular weight excluding hydrogens is 299 g/mol. The van der Waals surface area contributed by atoms with Crippen molar-refractivity contribution in [1.29, 1.82) is 0 Å². The van der Waals surface area contributed by atoms with Crippen LogP contribution in [-0.2, 0) is 0 Å². The molecule has 5 heteroatoms. The first-order valence-corrected chi connectivity index (χ1v) is 8.49. The van der Waals surface area contributed by atoms with Gasteiger partial charge in [0.1, 0.15) is 0 Å². The van der Waals surface area contributed by atoms with Crippen LogP contribution in [0.25, 0.3) is 0 Å². The lowest BCUT2D eigenvalue weighted by molar-refractivity contribution is 0.243. The summed E-state index contributed by atoms with van der Waals surface area (Å²) in [6, 6.07) is 9.62. The second-order valence-electron chi connectivity index (χ2n) is 5.45. The lowest BCUT2D eigenvalue weighted by Crippen LogP contribution is -2.32. The van der Waals surface area contributed by atoms with E-state index in [4.69, 9.17) is 4.74 Å². The van der Waals surface area contributed by atoms with E-state index < -0.39 is 0 Å². The number of nitrogens with one attached hydrogen (secondary N) is 1. The van der Waals surface area contributed by atoms with Crippen molar-refractivity contribution < 1.29 is 9.13 Å². The minimum absolute atomic E-state index is 0.111. The first-order valence-electron chi connectivity index (χ1n) is 7.61. The monoisotopic (exact) mass is 320 g/mol. The largest absolute Gasteiger partial charge is 0.494 e. The molecule has 1 atom stereocenters. The summed E-state index contributed by atoms with van der Waals surface area (Å²) in [6.45, 7) is 4.00. The summed E-state index contributed by atoms with van der Waals surface area (Å²) < 4.78 is 19.2. The van der Waals surface area contributed by atoms with E-state index >= 15 is 0 Å². The fourth-order valence-electron chi connectivity index (χ4n) is 2.98. The van der Waals surface area contributed by atoms with E-state index in [1.165, 1.54) is 12.0 Å². The van der Waals surface area contributed by atoms with Gasteiger partial charge in [-0.3, -0.25) is 4.90 Å². The Morgan fingerprint density at radius 3 is 2.91 bits per heavy atom. The number of benzene rings is 1. The minimum atomic E-state index is -0.297. The van der Waals surface area contributed by atoms with Crippen molar-refractivity contribution >= 4 is 11.3 Å². The highest BCUT2D eigenvalue weighted by molar-refractivity contribution is 7.10. The topological polar surface area (TPSA) is 24.5 Å². The van der Waals surface area contributed by atoms with E-state index in [-0.39, 0.29) is 11.9 Å².